The average molecular weight is 322 g/mol. The van der Waals surface area contributed by atoms with E-state index in [0.717, 1.165) is 31.2 Å². The van der Waals surface area contributed by atoms with E-state index in [2.05, 4.69) is 11.9 Å². The monoisotopic (exact) mass is 321 g/mol. The quantitative estimate of drug-likeness (QED) is 0.647. The van der Waals surface area contributed by atoms with Gasteiger partial charge in [0.25, 0.3) is 5.91 Å². The highest BCUT2D eigenvalue weighted by molar-refractivity contribution is 6.30. The third-order valence-corrected chi connectivity index (χ3v) is 4.27. The molecule has 0 unspecified atom stereocenters. The maximum atomic E-state index is 12.6. The van der Waals surface area contributed by atoms with Gasteiger partial charge < -0.3 is 10.1 Å². The van der Waals surface area contributed by atoms with Crippen molar-refractivity contribution in [3.63, 3.8) is 0 Å². The first kappa shape index (κ1) is 16.6. The molecule has 0 bridgehead atoms. The molecule has 0 aliphatic heterocycles. The van der Waals surface area contributed by atoms with E-state index in [-0.39, 0.29) is 18.5 Å². The number of benzene rings is 1. The molecule has 0 atom stereocenters. The summed E-state index contributed by atoms with van der Waals surface area (Å²) >= 11 is 5.92. The Morgan fingerprint density at radius 3 is 2.50 bits per heavy atom. The summed E-state index contributed by atoms with van der Waals surface area (Å²) in [5, 5.41) is 3.22. The molecule has 1 saturated carbocycles. The van der Waals surface area contributed by atoms with Crippen LogP contribution in [0.15, 0.2) is 36.9 Å². The minimum Gasteiger partial charge on any atom is -0.455 e. The van der Waals surface area contributed by atoms with Crippen molar-refractivity contribution in [1.82, 2.24) is 5.32 Å². The number of carbonyl (C=O) groups excluding carboxylic acids is 2. The van der Waals surface area contributed by atoms with Gasteiger partial charge in [-0.25, -0.2) is 0 Å². The maximum Gasteiger partial charge on any atom is 0.317 e. The van der Waals surface area contributed by atoms with E-state index in [9.17, 15) is 9.59 Å². The number of esters is 1. The molecule has 0 aromatic heterocycles. The summed E-state index contributed by atoms with van der Waals surface area (Å²) in [5.41, 5.74) is 0.259. The first-order valence-electron chi connectivity index (χ1n) is 7.39. The molecule has 4 nitrogen and oxygen atoms in total. The van der Waals surface area contributed by atoms with Gasteiger partial charge in [-0.15, -0.1) is 6.58 Å². The van der Waals surface area contributed by atoms with Gasteiger partial charge >= 0.3 is 5.97 Å². The van der Waals surface area contributed by atoms with Crippen molar-refractivity contribution in [2.75, 3.05) is 13.2 Å². The van der Waals surface area contributed by atoms with Crippen LogP contribution < -0.4 is 5.32 Å². The fraction of sp³-hybridized carbons (Fsp3) is 0.412. The Hall–Kier alpha value is -1.81. The zero-order valence-corrected chi connectivity index (χ0v) is 13.2. The molecule has 1 N–H and O–H groups in total. The fourth-order valence-electron chi connectivity index (χ4n) is 2.86. The van der Waals surface area contributed by atoms with Crippen molar-refractivity contribution in [3.8, 4) is 0 Å². The summed E-state index contributed by atoms with van der Waals surface area (Å²) in [6.45, 7) is 3.61. The molecule has 0 heterocycles. The predicted molar refractivity (Wildman–Crippen MR) is 85.8 cm³/mol. The lowest BCUT2D eigenvalue weighted by Gasteiger charge is -2.27. The van der Waals surface area contributed by atoms with Crippen LogP contribution >= 0.6 is 11.6 Å². The van der Waals surface area contributed by atoms with Crippen LogP contribution in [0.25, 0.3) is 0 Å². The molecular formula is C17H20ClNO3. The molecule has 1 aliphatic carbocycles. The predicted octanol–water partition coefficient (Wildman–Crippen LogP) is 3.00. The largest absolute Gasteiger partial charge is 0.455 e. The molecular weight excluding hydrogens is 302 g/mol. The SMILES string of the molecule is C=CCNC(=O)COC(=O)C1(c2ccc(Cl)cc2)CCCC1. The van der Waals surface area contributed by atoms with Crippen molar-refractivity contribution in [2.24, 2.45) is 0 Å². The Bertz CT molecular complexity index is 548. The van der Waals surface area contributed by atoms with E-state index in [0.29, 0.717) is 11.6 Å². The van der Waals surface area contributed by atoms with E-state index >= 15 is 0 Å². The molecule has 22 heavy (non-hydrogen) atoms. The average Bonchev–Trinajstić information content (AvgIpc) is 3.02. The highest BCUT2D eigenvalue weighted by Crippen LogP contribution is 2.42. The van der Waals surface area contributed by atoms with Crippen molar-refractivity contribution in [1.29, 1.82) is 0 Å². The van der Waals surface area contributed by atoms with E-state index in [1.807, 2.05) is 12.1 Å². The molecule has 0 radical (unpaired) electrons. The highest BCUT2D eigenvalue weighted by atomic mass is 35.5. The van der Waals surface area contributed by atoms with Gasteiger partial charge in [0.1, 0.15) is 0 Å². The smallest absolute Gasteiger partial charge is 0.317 e. The molecule has 1 aromatic carbocycles. The van der Waals surface area contributed by atoms with Crippen molar-refractivity contribution in [3.05, 3.63) is 47.5 Å². The summed E-state index contributed by atoms with van der Waals surface area (Å²) in [7, 11) is 0. The van der Waals surface area contributed by atoms with Gasteiger partial charge in [0.05, 0.1) is 5.41 Å². The number of nitrogens with one attached hydrogen (secondary N) is 1. The second kappa shape index (κ2) is 7.45. The Morgan fingerprint density at radius 2 is 1.91 bits per heavy atom. The lowest BCUT2D eigenvalue weighted by atomic mass is 9.79. The van der Waals surface area contributed by atoms with E-state index in [1.54, 1.807) is 18.2 Å². The number of hydrogen-bond acceptors (Lipinski definition) is 3. The topological polar surface area (TPSA) is 55.4 Å². The fourth-order valence-corrected chi connectivity index (χ4v) is 2.99. The van der Waals surface area contributed by atoms with E-state index in [4.69, 9.17) is 16.3 Å². The van der Waals surface area contributed by atoms with Crippen LogP contribution in [0.2, 0.25) is 5.02 Å². The number of rotatable bonds is 6. The minimum absolute atomic E-state index is 0.262. The molecule has 0 saturated heterocycles. The summed E-state index contributed by atoms with van der Waals surface area (Å²) in [6, 6.07) is 7.29. The second-order valence-corrected chi connectivity index (χ2v) is 5.90. The minimum atomic E-state index is -0.649. The number of halogens is 1. The molecule has 1 amide bonds. The zero-order chi connectivity index (χ0) is 16.0. The Morgan fingerprint density at radius 1 is 1.27 bits per heavy atom. The van der Waals surface area contributed by atoms with Gasteiger partial charge in [-0.05, 0) is 30.5 Å². The van der Waals surface area contributed by atoms with Gasteiger partial charge in [-0.3, -0.25) is 9.59 Å². The second-order valence-electron chi connectivity index (χ2n) is 5.46. The van der Waals surface area contributed by atoms with Crippen LogP contribution in [0.4, 0.5) is 0 Å². The number of carbonyl (C=O) groups is 2. The van der Waals surface area contributed by atoms with Gasteiger partial charge in [0.15, 0.2) is 6.61 Å². The Kier molecular flexibility index (Phi) is 5.61. The van der Waals surface area contributed by atoms with E-state index in [1.165, 1.54) is 0 Å². The maximum absolute atomic E-state index is 12.6. The number of hydrogen-bond donors (Lipinski definition) is 1. The van der Waals surface area contributed by atoms with Crippen LogP contribution in [-0.2, 0) is 19.7 Å². The number of ether oxygens (including phenoxy) is 1. The van der Waals surface area contributed by atoms with Crippen LogP contribution in [0.3, 0.4) is 0 Å². The summed E-state index contributed by atoms with van der Waals surface area (Å²) in [4.78, 5) is 24.1. The summed E-state index contributed by atoms with van der Waals surface area (Å²) < 4.78 is 5.25. The molecule has 2 rings (SSSR count). The molecule has 1 aromatic rings. The third-order valence-electron chi connectivity index (χ3n) is 4.02. The van der Waals surface area contributed by atoms with Crippen LogP contribution in [0.1, 0.15) is 31.2 Å². The zero-order valence-electron chi connectivity index (χ0n) is 12.4. The van der Waals surface area contributed by atoms with Crippen LogP contribution in [-0.4, -0.2) is 25.0 Å². The lowest BCUT2D eigenvalue weighted by molar-refractivity contribution is -0.154. The van der Waals surface area contributed by atoms with Crippen molar-refractivity contribution in [2.45, 2.75) is 31.1 Å². The van der Waals surface area contributed by atoms with Gasteiger partial charge in [-0.2, -0.15) is 0 Å². The Balaban J connectivity index is 2.07. The van der Waals surface area contributed by atoms with Crippen molar-refractivity contribution < 1.29 is 14.3 Å². The molecule has 118 valence electrons. The van der Waals surface area contributed by atoms with Crippen molar-refractivity contribution >= 4 is 23.5 Å². The standard InChI is InChI=1S/C17H20ClNO3/c1-2-11-19-15(20)12-22-16(21)17(9-3-4-10-17)13-5-7-14(18)8-6-13/h2,5-8H,1,3-4,9-12H2,(H,19,20). The number of amides is 1. The normalized spacial score (nSPS) is 16.0. The molecule has 5 heteroatoms. The first-order chi connectivity index (χ1) is 10.6. The van der Waals surface area contributed by atoms with Gasteiger partial charge in [0.2, 0.25) is 0 Å². The highest BCUT2D eigenvalue weighted by Gasteiger charge is 2.44. The third kappa shape index (κ3) is 3.69. The first-order valence-corrected chi connectivity index (χ1v) is 7.77. The van der Waals surface area contributed by atoms with Crippen LogP contribution in [0, 0.1) is 0 Å². The summed E-state index contributed by atoms with van der Waals surface area (Å²) in [6.07, 6.45) is 5.00. The molecule has 0 spiro atoms. The van der Waals surface area contributed by atoms with Gasteiger partial charge in [-0.1, -0.05) is 42.7 Å². The van der Waals surface area contributed by atoms with Gasteiger partial charge in [0, 0.05) is 11.6 Å². The Labute approximate surface area is 135 Å². The lowest BCUT2D eigenvalue weighted by Crippen LogP contribution is -2.37. The molecule has 1 fully saturated rings. The molecule has 1 aliphatic rings. The summed E-state index contributed by atoms with van der Waals surface area (Å²) in [5.74, 6) is -0.654. The van der Waals surface area contributed by atoms with Crippen LogP contribution in [0.5, 0.6) is 0 Å². The van der Waals surface area contributed by atoms with E-state index < -0.39 is 5.41 Å².